The second-order valence-electron chi connectivity index (χ2n) is 14.7. The average Bonchev–Trinajstić information content (AvgIpc) is 3.11. The van der Waals surface area contributed by atoms with Gasteiger partial charge in [-0.15, -0.1) is 36.4 Å². The summed E-state index contributed by atoms with van der Waals surface area (Å²) in [6.45, 7) is 24.5. The third kappa shape index (κ3) is 14.7. The fourth-order valence-electron chi connectivity index (χ4n) is 8.85. The van der Waals surface area contributed by atoms with Crippen molar-refractivity contribution in [2.75, 3.05) is 39.3 Å². The van der Waals surface area contributed by atoms with E-state index in [-0.39, 0.29) is 53.9 Å². The molecule has 5 nitrogen and oxygen atoms in total. The van der Waals surface area contributed by atoms with Gasteiger partial charge in [0.05, 0.1) is 39.3 Å². The van der Waals surface area contributed by atoms with Crippen LogP contribution in [0.5, 0.6) is 0 Å². The topological polar surface area (TPSA) is 65.6 Å². The SMILES string of the molecule is CCCC(C(=O)Cc1c(C)cccc1C)[N+]1(CC)CCCCC1.CCCC(C(=O)Cc1c(C)cccc1C)[N+]1(CC)CCCCC1.Cl.I.O.[Cl][Ag]. The summed E-state index contributed by atoms with van der Waals surface area (Å²) in [4.78, 5) is 26.5. The molecule has 2 fully saturated rings. The number of Topliss-reactive ketones (excluding diaryl/α,β-unsaturated/α-hetero) is 2. The first-order chi connectivity index (χ1) is 23.1. The van der Waals surface area contributed by atoms with Gasteiger partial charge >= 0.3 is 29.2 Å². The molecule has 0 aliphatic carbocycles. The van der Waals surface area contributed by atoms with Gasteiger partial charge in [0, 0.05) is 25.7 Å². The molecule has 0 radical (unpaired) electrons. The van der Waals surface area contributed by atoms with Crippen LogP contribution in [0.15, 0.2) is 36.4 Å². The average molecular weight is 959 g/mol. The van der Waals surface area contributed by atoms with Gasteiger partial charge in [-0.2, -0.15) is 0 Å². The molecule has 0 saturated carbocycles. The Labute approximate surface area is 352 Å². The fourth-order valence-corrected chi connectivity index (χ4v) is 8.85. The van der Waals surface area contributed by atoms with Crippen molar-refractivity contribution in [3.8, 4) is 0 Å². The summed E-state index contributed by atoms with van der Waals surface area (Å²) in [5.74, 6) is 0.931. The number of likely N-dealkylation sites (tertiary alicyclic amines) is 2. The summed E-state index contributed by atoms with van der Waals surface area (Å²) in [7, 11) is 4.45. The molecule has 0 bridgehead atoms. The summed E-state index contributed by atoms with van der Waals surface area (Å²) in [5.41, 5.74) is 7.55. The maximum atomic E-state index is 13.3. The normalized spacial score (nSPS) is 16.9. The Hall–Kier alpha value is -0.290. The van der Waals surface area contributed by atoms with Crippen LogP contribution < -0.4 is 0 Å². The maximum absolute atomic E-state index is 13.3. The molecular formula is C42H72AgCl2IN2O3+2. The van der Waals surface area contributed by atoms with Crippen molar-refractivity contribution in [3.05, 3.63) is 69.8 Å². The first kappa shape index (κ1) is 52.8. The predicted octanol–water partition coefficient (Wildman–Crippen LogP) is 10.1. The molecule has 2 aliphatic rings. The first-order valence-corrected chi connectivity index (χ1v) is 21.0. The van der Waals surface area contributed by atoms with Gasteiger partial charge in [-0.1, -0.05) is 63.1 Å². The summed E-state index contributed by atoms with van der Waals surface area (Å²) in [6, 6.07) is 13.1. The van der Waals surface area contributed by atoms with Crippen molar-refractivity contribution in [1.82, 2.24) is 0 Å². The second kappa shape index (κ2) is 27.3. The number of nitrogens with zero attached hydrogens (tertiary/aromatic N) is 2. The van der Waals surface area contributed by atoms with Crippen LogP contribution in [0, 0.1) is 27.7 Å². The molecule has 4 rings (SSSR count). The third-order valence-corrected chi connectivity index (χ3v) is 11.9. The number of carbonyl (C=O) groups is 2. The summed E-state index contributed by atoms with van der Waals surface area (Å²) in [5, 5.41) is 0. The molecule has 2 unspecified atom stereocenters. The van der Waals surface area contributed by atoms with E-state index in [1.54, 1.807) is 0 Å². The van der Waals surface area contributed by atoms with Gasteiger partial charge in [0.2, 0.25) is 0 Å². The van der Waals surface area contributed by atoms with E-state index in [2.05, 4.69) is 121 Å². The van der Waals surface area contributed by atoms with Gasteiger partial charge in [0.1, 0.15) is 12.1 Å². The quantitative estimate of drug-likeness (QED) is 0.108. The van der Waals surface area contributed by atoms with Gasteiger partial charge in [0.25, 0.3) is 0 Å². The number of piperidine rings is 2. The zero-order valence-electron chi connectivity index (χ0n) is 33.1. The molecule has 0 amide bonds. The minimum absolute atomic E-state index is 0. The van der Waals surface area contributed by atoms with Crippen LogP contribution in [0.3, 0.4) is 0 Å². The van der Waals surface area contributed by atoms with Crippen LogP contribution in [0.4, 0.5) is 0 Å². The molecule has 298 valence electrons. The van der Waals surface area contributed by atoms with Gasteiger partial charge in [0.15, 0.2) is 11.6 Å². The van der Waals surface area contributed by atoms with Crippen molar-refractivity contribution in [3.63, 3.8) is 0 Å². The molecule has 0 aromatic heterocycles. The predicted molar refractivity (Wildman–Crippen MR) is 228 cm³/mol. The molecule has 2 aromatic rings. The molecule has 51 heavy (non-hydrogen) atoms. The number of quaternary nitrogens is 2. The number of hydrogen-bond acceptors (Lipinski definition) is 2. The van der Waals surface area contributed by atoms with Crippen molar-refractivity contribution >= 4 is 57.1 Å². The monoisotopic (exact) mass is 956 g/mol. The molecule has 2 aliphatic heterocycles. The fraction of sp³-hybridized carbons (Fsp3) is 0.667. The van der Waals surface area contributed by atoms with Crippen LogP contribution in [0.25, 0.3) is 0 Å². The van der Waals surface area contributed by atoms with Crippen LogP contribution >= 0.6 is 45.6 Å². The summed E-state index contributed by atoms with van der Waals surface area (Å²) < 4.78 is 2.08. The molecule has 2 saturated heterocycles. The molecule has 0 spiro atoms. The van der Waals surface area contributed by atoms with Gasteiger partial charge in [-0.25, -0.2) is 0 Å². The minimum atomic E-state index is 0. The molecule has 2 aromatic carbocycles. The van der Waals surface area contributed by atoms with E-state index in [0.717, 1.165) is 47.7 Å². The first-order valence-electron chi connectivity index (χ1n) is 19.1. The number of likely N-dealkylation sites (N-methyl/N-ethyl adjacent to an activating group) is 2. The van der Waals surface area contributed by atoms with Crippen LogP contribution in [0.2, 0.25) is 0 Å². The second-order valence-corrected chi connectivity index (χ2v) is 14.7. The van der Waals surface area contributed by atoms with Gasteiger partial charge < -0.3 is 14.4 Å². The summed E-state index contributed by atoms with van der Waals surface area (Å²) in [6.07, 6.45) is 13.3. The molecule has 9 heteroatoms. The van der Waals surface area contributed by atoms with E-state index in [1.807, 2.05) is 0 Å². The Morgan fingerprint density at radius 3 is 1.12 bits per heavy atom. The number of aryl methyl sites for hydroxylation is 4. The van der Waals surface area contributed by atoms with Crippen LogP contribution in [0.1, 0.15) is 125 Å². The van der Waals surface area contributed by atoms with Crippen molar-refractivity contribution in [2.24, 2.45) is 0 Å². The molecule has 2 N–H and O–H groups in total. The standard InChI is InChI=1S/2C21H34NO.Ag.2ClH.HI.H2O/c2*1-5-11-20(22(6-2)14-8-7-9-15-22)21(23)16-19-17(3)12-10-13-18(19)4;;;;;/h2*10,12-13,20H,5-9,11,14-16H2,1-4H3;;3*1H;1H2/q3*+1;;;;/p-1. The Balaban J connectivity index is 0. The molecule has 2 heterocycles. The van der Waals surface area contributed by atoms with E-state index in [9.17, 15) is 9.59 Å². The van der Waals surface area contributed by atoms with E-state index >= 15 is 0 Å². The van der Waals surface area contributed by atoms with Crippen LogP contribution in [-0.2, 0) is 42.4 Å². The Morgan fingerprint density at radius 1 is 0.608 bits per heavy atom. The zero-order valence-corrected chi connectivity index (χ0v) is 38.4. The van der Waals surface area contributed by atoms with E-state index in [1.165, 1.54) is 98.1 Å². The van der Waals surface area contributed by atoms with E-state index < -0.39 is 0 Å². The molecule has 2 atom stereocenters. The zero-order chi connectivity index (χ0) is 35.7. The van der Waals surface area contributed by atoms with E-state index in [0.29, 0.717) is 24.4 Å². The number of ketones is 2. The Morgan fingerprint density at radius 2 is 0.882 bits per heavy atom. The Kier molecular flexibility index (Phi) is 28.3. The molecular weight excluding hydrogens is 886 g/mol. The third-order valence-electron chi connectivity index (χ3n) is 11.9. The van der Waals surface area contributed by atoms with Crippen LogP contribution in [-0.4, -0.2) is 77.4 Å². The van der Waals surface area contributed by atoms with Gasteiger partial charge in [-0.05, 0) is 113 Å². The number of rotatable bonds is 14. The van der Waals surface area contributed by atoms with Gasteiger partial charge in [-0.3, -0.25) is 9.59 Å². The number of benzene rings is 2. The summed E-state index contributed by atoms with van der Waals surface area (Å²) >= 11 is 2.42. The Bertz CT molecular complexity index is 1140. The van der Waals surface area contributed by atoms with E-state index in [4.69, 9.17) is 0 Å². The number of carbonyl (C=O) groups excluding carboxylic acids is 2. The number of halogens is 3. The van der Waals surface area contributed by atoms with Crippen molar-refractivity contribution in [2.45, 2.75) is 145 Å². The number of hydrogen-bond donors (Lipinski definition) is 0. The van der Waals surface area contributed by atoms with Crippen molar-refractivity contribution in [1.29, 1.82) is 0 Å². The van der Waals surface area contributed by atoms with Crippen molar-refractivity contribution < 1.29 is 44.0 Å².